The topological polar surface area (TPSA) is 55.8 Å². The van der Waals surface area contributed by atoms with E-state index in [9.17, 15) is 0 Å². The van der Waals surface area contributed by atoms with E-state index < -0.39 is 0 Å². The lowest BCUT2D eigenvalue weighted by molar-refractivity contribution is 0.270. The van der Waals surface area contributed by atoms with Crippen LogP contribution in [0.4, 0.5) is 5.82 Å². The van der Waals surface area contributed by atoms with Gasteiger partial charge in [0.15, 0.2) is 5.96 Å². The van der Waals surface area contributed by atoms with Crippen LogP contribution in [0.1, 0.15) is 29.2 Å². The first kappa shape index (κ1) is 20.6. The highest BCUT2D eigenvalue weighted by Gasteiger charge is 2.16. The number of likely N-dealkylation sites (N-methyl/N-ethyl adjacent to an activating group) is 1. The van der Waals surface area contributed by atoms with Crippen LogP contribution in [0.5, 0.6) is 0 Å². The van der Waals surface area contributed by atoms with E-state index in [2.05, 4.69) is 68.5 Å². The summed E-state index contributed by atoms with van der Waals surface area (Å²) in [5.41, 5.74) is 1.22. The van der Waals surface area contributed by atoms with E-state index in [1.807, 2.05) is 24.6 Å². The molecule has 2 N–H and O–H groups in total. The van der Waals surface area contributed by atoms with Crippen LogP contribution in [0.2, 0.25) is 0 Å². The Morgan fingerprint density at radius 1 is 1.07 bits per heavy atom. The molecule has 0 spiro atoms. The minimum Gasteiger partial charge on any atom is -0.354 e. The molecular weight excluding hydrogens is 368 g/mol. The molecule has 6 nitrogen and oxygen atoms in total. The molecule has 1 aliphatic heterocycles. The molecule has 7 heteroatoms. The lowest BCUT2D eigenvalue weighted by Gasteiger charge is -2.34. The van der Waals surface area contributed by atoms with Gasteiger partial charge < -0.3 is 20.4 Å². The number of aryl methyl sites for hydroxylation is 1. The van der Waals surface area contributed by atoms with Crippen molar-refractivity contribution in [2.24, 2.45) is 4.99 Å². The van der Waals surface area contributed by atoms with Gasteiger partial charge in [0.1, 0.15) is 5.82 Å². The molecule has 3 heterocycles. The lowest BCUT2D eigenvalue weighted by atomic mass is 10.2. The first-order chi connectivity index (χ1) is 13.7. The summed E-state index contributed by atoms with van der Waals surface area (Å²) < 4.78 is 0. The number of aromatic nitrogens is 1. The first-order valence-corrected chi connectivity index (χ1v) is 11.0. The Hall–Kier alpha value is -2.12. The molecule has 2 aromatic heterocycles. The summed E-state index contributed by atoms with van der Waals surface area (Å²) in [5.74, 6) is 1.89. The van der Waals surface area contributed by atoms with Gasteiger partial charge in [0, 0.05) is 55.7 Å². The molecule has 0 aliphatic carbocycles. The van der Waals surface area contributed by atoms with E-state index in [1.54, 1.807) is 0 Å². The second-order valence-corrected chi connectivity index (χ2v) is 8.20. The molecule has 152 valence electrons. The molecule has 3 rings (SSSR count). The van der Waals surface area contributed by atoms with E-state index in [-0.39, 0.29) is 0 Å². The maximum atomic E-state index is 4.58. The summed E-state index contributed by atoms with van der Waals surface area (Å²) in [4.78, 5) is 16.5. The van der Waals surface area contributed by atoms with Crippen molar-refractivity contribution in [3.05, 3.63) is 45.8 Å². The Balaban J connectivity index is 1.50. The van der Waals surface area contributed by atoms with Crippen molar-refractivity contribution >= 4 is 23.1 Å². The Bertz CT molecular complexity index is 764. The maximum Gasteiger partial charge on any atom is 0.191 e. The molecule has 1 fully saturated rings. The van der Waals surface area contributed by atoms with E-state index in [0.717, 1.165) is 64.0 Å². The predicted molar refractivity (Wildman–Crippen MR) is 119 cm³/mol. The van der Waals surface area contributed by atoms with E-state index in [1.165, 1.54) is 15.3 Å². The fourth-order valence-corrected chi connectivity index (χ4v) is 4.22. The molecule has 0 atom stereocenters. The minimum absolute atomic E-state index is 0.731. The average Bonchev–Trinajstić information content (AvgIpc) is 3.22. The van der Waals surface area contributed by atoms with Crippen molar-refractivity contribution in [1.82, 2.24) is 20.5 Å². The van der Waals surface area contributed by atoms with Gasteiger partial charge in [-0.15, -0.1) is 11.3 Å². The smallest absolute Gasteiger partial charge is 0.191 e. The van der Waals surface area contributed by atoms with Crippen LogP contribution < -0.4 is 15.5 Å². The number of nitrogens with zero attached hydrogens (tertiary/aromatic N) is 4. The molecule has 28 heavy (non-hydrogen) atoms. The Labute approximate surface area is 172 Å². The number of nitrogens with one attached hydrogen (secondary N) is 2. The summed E-state index contributed by atoms with van der Waals surface area (Å²) in [7, 11) is 1.81. The number of hydrogen-bond acceptors (Lipinski definition) is 5. The highest BCUT2D eigenvalue weighted by Crippen LogP contribution is 2.17. The van der Waals surface area contributed by atoms with Crippen LogP contribution in [0.3, 0.4) is 0 Å². The van der Waals surface area contributed by atoms with Crippen LogP contribution in [0, 0.1) is 0 Å². The standard InChI is InChI=1S/C21H32N6S/c1-4-18-6-7-19(28-18)16-25-21(22-3)24-15-17-8-9-23-20(14-17)27-12-10-26(5-2)11-13-27/h6-9,14H,4-5,10-13,15-16H2,1-3H3,(H2,22,24,25). The number of anilines is 1. The van der Waals surface area contributed by atoms with Crippen LogP contribution in [0.15, 0.2) is 35.5 Å². The van der Waals surface area contributed by atoms with Crippen LogP contribution >= 0.6 is 11.3 Å². The van der Waals surface area contributed by atoms with Crippen molar-refractivity contribution in [2.45, 2.75) is 33.4 Å². The molecule has 0 radical (unpaired) electrons. The van der Waals surface area contributed by atoms with Gasteiger partial charge in [-0.1, -0.05) is 13.8 Å². The predicted octanol–water partition coefficient (Wildman–Crippen LogP) is 2.71. The lowest BCUT2D eigenvalue weighted by Crippen LogP contribution is -2.46. The van der Waals surface area contributed by atoms with Crippen LogP contribution in [-0.4, -0.2) is 55.6 Å². The second-order valence-electron chi connectivity index (χ2n) is 6.94. The maximum absolute atomic E-state index is 4.58. The third-order valence-electron chi connectivity index (χ3n) is 5.13. The molecule has 0 unspecified atom stereocenters. The molecule has 1 aliphatic rings. The zero-order valence-corrected chi connectivity index (χ0v) is 18.1. The third kappa shape index (κ3) is 5.69. The van der Waals surface area contributed by atoms with Gasteiger partial charge >= 0.3 is 0 Å². The van der Waals surface area contributed by atoms with Crippen molar-refractivity contribution in [3.8, 4) is 0 Å². The van der Waals surface area contributed by atoms with Crippen molar-refractivity contribution < 1.29 is 0 Å². The summed E-state index contributed by atoms with van der Waals surface area (Å²) in [6.07, 6.45) is 3.00. The normalized spacial score (nSPS) is 15.7. The molecule has 0 amide bonds. The number of thiophene rings is 1. The van der Waals surface area contributed by atoms with E-state index in [4.69, 9.17) is 0 Å². The molecule has 0 aromatic carbocycles. The van der Waals surface area contributed by atoms with Crippen LogP contribution in [0.25, 0.3) is 0 Å². The fraction of sp³-hybridized carbons (Fsp3) is 0.524. The fourth-order valence-electron chi connectivity index (χ4n) is 3.32. The number of rotatable bonds is 7. The zero-order chi connectivity index (χ0) is 19.8. The molecular formula is C21H32N6S. The summed E-state index contributed by atoms with van der Waals surface area (Å²) >= 11 is 1.86. The molecule has 0 bridgehead atoms. The molecule has 0 saturated carbocycles. The third-order valence-corrected chi connectivity index (χ3v) is 6.36. The van der Waals surface area contributed by atoms with Gasteiger partial charge in [-0.25, -0.2) is 4.98 Å². The Morgan fingerprint density at radius 3 is 2.50 bits per heavy atom. The Morgan fingerprint density at radius 2 is 1.82 bits per heavy atom. The molecule has 2 aromatic rings. The van der Waals surface area contributed by atoms with Crippen molar-refractivity contribution in [2.75, 3.05) is 44.7 Å². The van der Waals surface area contributed by atoms with E-state index >= 15 is 0 Å². The summed E-state index contributed by atoms with van der Waals surface area (Å²) in [5, 5.41) is 6.81. The summed E-state index contributed by atoms with van der Waals surface area (Å²) in [6.45, 7) is 11.4. The van der Waals surface area contributed by atoms with Crippen LogP contribution in [-0.2, 0) is 19.5 Å². The minimum atomic E-state index is 0.731. The quantitative estimate of drug-likeness (QED) is 0.553. The van der Waals surface area contributed by atoms with Gasteiger partial charge in [-0.3, -0.25) is 4.99 Å². The van der Waals surface area contributed by atoms with Gasteiger partial charge in [0.25, 0.3) is 0 Å². The van der Waals surface area contributed by atoms with Gasteiger partial charge in [0.05, 0.1) is 6.54 Å². The average molecular weight is 401 g/mol. The summed E-state index contributed by atoms with van der Waals surface area (Å²) in [6, 6.07) is 8.65. The van der Waals surface area contributed by atoms with Gasteiger partial charge in [0.2, 0.25) is 0 Å². The monoisotopic (exact) mass is 400 g/mol. The second kappa shape index (κ2) is 10.4. The Kier molecular flexibility index (Phi) is 7.68. The highest BCUT2D eigenvalue weighted by molar-refractivity contribution is 7.11. The molecule has 1 saturated heterocycles. The number of guanidine groups is 1. The SMILES string of the molecule is CCc1ccc(CNC(=NC)NCc2ccnc(N3CCN(CC)CC3)c2)s1. The largest absolute Gasteiger partial charge is 0.354 e. The number of piperazine rings is 1. The first-order valence-electron chi connectivity index (χ1n) is 10.2. The highest BCUT2D eigenvalue weighted by atomic mass is 32.1. The number of hydrogen-bond donors (Lipinski definition) is 2. The van der Waals surface area contributed by atoms with Gasteiger partial charge in [-0.2, -0.15) is 0 Å². The van der Waals surface area contributed by atoms with E-state index in [0.29, 0.717) is 0 Å². The number of pyridine rings is 1. The number of aliphatic imine (C=N–C) groups is 1. The zero-order valence-electron chi connectivity index (χ0n) is 17.2. The van der Waals surface area contributed by atoms with Gasteiger partial charge in [-0.05, 0) is 42.8 Å². The van der Waals surface area contributed by atoms with Crippen molar-refractivity contribution in [1.29, 1.82) is 0 Å². The van der Waals surface area contributed by atoms with Crippen molar-refractivity contribution in [3.63, 3.8) is 0 Å².